The van der Waals surface area contributed by atoms with Gasteiger partial charge in [-0.15, -0.1) is 0 Å². The summed E-state index contributed by atoms with van der Waals surface area (Å²) in [7, 11) is 0. The predicted molar refractivity (Wildman–Crippen MR) is 177 cm³/mol. The zero-order chi connectivity index (χ0) is 29.9. The summed E-state index contributed by atoms with van der Waals surface area (Å²) in [6, 6.07) is 0. The van der Waals surface area contributed by atoms with Gasteiger partial charge in [0.1, 0.15) is 6.10 Å². The first-order chi connectivity index (χ1) is 20.2. The molecular weight excluding hydrogens is 508 g/mol. The zero-order valence-electron chi connectivity index (χ0n) is 26.8. The Bertz CT molecular complexity index is 689. The van der Waals surface area contributed by atoms with Gasteiger partial charge in [-0.1, -0.05) is 139 Å². The van der Waals surface area contributed by atoms with Crippen LogP contribution in [0.1, 0.15) is 142 Å². The Balaban J connectivity index is 3.54. The average Bonchev–Trinajstić information content (AvgIpc) is 2.98. The molecule has 0 rings (SSSR count). The number of carbonyl (C=O) groups excluding carboxylic acids is 1. The fraction of sp³-hybridized carbons (Fsp3) is 0.703. The molecule has 1 N–H and O–H groups in total. The molecule has 0 aromatic heterocycles. The first-order valence-corrected chi connectivity index (χ1v) is 16.9. The lowest BCUT2D eigenvalue weighted by Crippen LogP contribution is -2.27. The van der Waals surface area contributed by atoms with Crippen LogP contribution in [-0.4, -0.2) is 37.0 Å². The van der Waals surface area contributed by atoms with Crippen molar-refractivity contribution in [2.75, 3.05) is 19.8 Å². The van der Waals surface area contributed by atoms with Crippen LogP contribution in [0, 0.1) is 0 Å². The minimum atomic E-state index is -0.545. The van der Waals surface area contributed by atoms with Crippen molar-refractivity contribution in [1.29, 1.82) is 0 Å². The third-order valence-electron chi connectivity index (χ3n) is 6.86. The topological polar surface area (TPSA) is 55.8 Å². The van der Waals surface area contributed by atoms with Crippen LogP contribution in [0.2, 0.25) is 0 Å². The van der Waals surface area contributed by atoms with Gasteiger partial charge < -0.3 is 14.6 Å². The van der Waals surface area contributed by atoms with Crippen molar-refractivity contribution in [3.05, 3.63) is 60.8 Å². The molecular formula is C37H64O4. The lowest BCUT2D eigenvalue weighted by atomic mass is 10.1. The van der Waals surface area contributed by atoms with Crippen LogP contribution in [0.3, 0.4) is 0 Å². The summed E-state index contributed by atoms with van der Waals surface area (Å²) < 4.78 is 11.0. The molecule has 236 valence electrons. The molecule has 0 radical (unpaired) electrons. The minimum absolute atomic E-state index is 0.184. The summed E-state index contributed by atoms with van der Waals surface area (Å²) in [6.45, 7) is 5.14. The van der Waals surface area contributed by atoms with Crippen LogP contribution < -0.4 is 0 Å². The molecule has 0 aliphatic carbocycles. The highest BCUT2D eigenvalue weighted by Crippen LogP contribution is 2.11. The van der Waals surface area contributed by atoms with E-state index in [0.717, 1.165) is 64.2 Å². The Morgan fingerprint density at radius 1 is 0.610 bits per heavy atom. The van der Waals surface area contributed by atoms with Crippen molar-refractivity contribution < 1.29 is 19.4 Å². The third kappa shape index (κ3) is 32.5. The van der Waals surface area contributed by atoms with Crippen LogP contribution in [0.4, 0.5) is 0 Å². The Labute approximate surface area is 254 Å². The molecule has 0 heterocycles. The maximum atomic E-state index is 12.0. The second-order valence-electron chi connectivity index (χ2n) is 10.9. The van der Waals surface area contributed by atoms with E-state index in [1.807, 2.05) is 0 Å². The monoisotopic (exact) mass is 572 g/mol. The molecule has 0 saturated carbocycles. The van der Waals surface area contributed by atoms with Crippen LogP contribution in [0.25, 0.3) is 0 Å². The maximum absolute atomic E-state index is 12.0. The molecule has 41 heavy (non-hydrogen) atoms. The predicted octanol–water partition coefficient (Wildman–Crippen LogP) is 10.5. The second-order valence-corrected chi connectivity index (χ2v) is 10.9. The number of esters is 1. The van der Waals surface area contributed by atoms with Gasteiger partial charge in [0, 0.05) is 13.0 Å². The number of ether oxygens (including phenoxy) is 2. The molecule has 0 fully saturated rings. The highest BCUT2D eigenvalue weighted by Gasteiger charge is 2.13. The largest absolute Gasteiger partial charge is 0.457 e. The highest BCUT2D eigenvalue weighted by molar-refractivity contribution is 5.69. The molecule has 4 heteroatoms. The Hall–Kier alpha value is -1.91. The Morgan fingerprint density at radius 3 is 1.66 bits per heavy atom. The molecule has 4 nitrogen and oxygen atoms in total. The minimum Gasteiger partial charge on any atom is -0.457 e. The van der Waals surface area contributed by atoms with Gasteiger partial charge >= 0.3 is 5.97 Å². The molecule has 0 aliphatic heterocycles. The van der Waals surface area contributed by atoms with Crippen LogP contribution in [-0.2, 0) is 14.3 Å². The van der Waals surface area contributed by atoms with Gasteiger partial charge in [0.2, 0.25) is 0 Å². The van der Waals surface area contributed by atoms with Gasteiger partial charge in [-0.3, -0.25) is 4.79 Å². The van der Waals surface area contributed by atoms with E-state index in [9.17, 15) is 9.90 Å². The van der Waals surface area contributed by atoms with Gasteiger partial charge in [-0.25, -0.2) is 0 Å². The molecule has 0 bridgehead atoms. The fourth-order valence-corrected chi connectivity index (χ4v) is 4.35. The fourth-order valence-electron chi connectivity index (χ4n) is 4.35. The lowest BCUT2D eigenvalue weighted by molar-refractivity contribution is -0.154. The summed E-state index contributed by atoms with van der Waals surface area (Å²) in [4.78, 5) is 12.0. The molecule has 0 saturated heterocycles. The number of hydrogen-bond acceptors (Lipinski definition) is 4. The second kappa shape index (κ2) is 34.3. The van der Waals surface area contributed by atoms with Crippen molar-refractivity contribution in [1.82, 2.24) is 0 Å². The van der Waals surface area contributed by atoms with Crippen molar-refractivity contribution >= 4 is 5.97 Å². The van der Waals surface area contributed by atoms with E-state index in [-0.39, 0.29) is 19.2 Å². The normalized spacial score (nSPS) is 13.1. The molecule has 0 aromatic rings. The standard InChI is InChI=1S/C37H64O4/c1-3-5-7-9-11-13-14-15-16-17-18-19-20-21-22-23-25-27-29-31-33-40-35-36(34-38)41-37(39)32-30-28-26-24-12-10-8-6-4-2/h5,7,11,13,15-16,18-19,21-22,36,38H,3-4,6,8-10,12,14,17,20,23-35H2,1-2H3/b7-5-,13-11-,16-15-,19-18-,22-21-. The van der Waals surface area contributed by atoms with Gasteiger partial charge in [-0.2, -0.15) is 0 Å². The smallest absolute Gasteiger partial charge is 0.306 e. The van der Waals surface area contributed by atoms with Gasteiger partial charge in [0.15, 0.2) is 0 Å². The molecule has 0 spiro atoms. The van der Waals surface area contributed by atoms with E-state index in [1.165, 1.54) is 57.8 Å². The first-order valence-electron chi connectivity index (χ1n) is 16.9. The summed E-state index contributed by atoms with van der Waals surface area (Å²) in [5, 5.41) is 9.50. The third-order valence-corrected chi connectivity index (χ3v) is 6.86. The maximum Gasteiger partial charge on any atom is 0.306 e. The van der Waals surface area contributed by atoms with Crippen molar-refractivity contribution in [3.63, 3.8) is 0 Å². The first kappa shape index (κ1) is 39.1. The summed E-state index contributed by atoms with van der Waals surface area (Å²) in [5.74, 6) is -0.217. The van der Waals surface area contributed by atoms with Crippen molar-refractivity contribution in [2.45, 2.75) is 148 Å². The number of rotatable bonds is 30. The Morgan fingerprint density at radius 2 is 1.10 bits per heavy atom. The summed E-state index contributed by atoms with van der Waals surface area (Å²) >= 11 is 0. The highest BCUT2D eigenvalue weighted by atomic mass is 16.6. The Kier molecular flexibility index (Phi) is 32.7. The van der Waals surface area contributed by atoms with Gasteiger partial charge in [0.25, 0.3) is 0 Å². The van der Waals surface area contributed by atoms with Crippen LogP contribution in [0.5, 0.6) is 0 Å². The van der Waals surface area contributed by atoms with Crippen molar-refractivity contribution in [2.24, 2.45) is 0 Å². The van der Waals surface area contributed by atoms with E-state index in [0.29, 0.717) is 13.0 Å². The molecule has 0 aliphatic rings. The number of allylic oxidation sites excluding steroid dienone is 10. The summed E-state index contributed by atoms with van der Waals surface area (Å²) in [6.07, 6.45) is 44.0. The molecule has 1 unspecified atom stereocenters. The lowest BCUT2D eigenvalue weighted by Gasteiger charge is -2.15. The zero-order valence-corrected chi connectivity index (χ0v) is 26.8. The number of carbonyl (C=O) groups is 1. The SMILES string of the molecule is CC/C=C\C/C=C\C/C=C\C/C=C\C/C=C\CCCCCCOCC(CO)OC(=O)CCCCCCCCCCC. The molecule has 0 amide bonds. The quantitative estimate of drug-likeness (QED) is 0.0528. The summed E-state index contributed by atoms with van der Waals surface area (Å²) in [5.41, 5.74) is 0. The van der Waals surface area contributed by atoms with Crippen LogP contribution in [0.15, 0.2) is 60.8 Å². The van der Waals surface area contributed by atoms with E-state index in [2.05, 4.69) is 74.6 Å². The van der Waals surface area contributed by atoms with E-state index >= 15 is 0 Å². The van der Waals surface area contributed by atoms with E-state index < -0.39 is 6.10 Å². The van der Waals surface area contributed by atoms with Gasteiger partial charge in [-0.05, 0) is 57.8 Å². The van der Waals surface area contributed by atoms with Gasteiger partial charge in [0.05, 0.1) is 13.2 Å². The number of aliphatic hydroxyl groups is 1. The number of unbranched alkanes of at least 4 members (excludes halogenated alkanes) is 12. The number of aliphatic hydroxyl groups excluding tert-OH is 1. The van der Waals surface area contributed by atoms with E-state index in [1.54, 1.807) is 0 Å². The van der Waals surface area contributed by atoms with E-state index in [4.69, 9.17) is 9.47 Å². The molecule has 0 aromatic carbocycles. The average molecular weight is 573 g/mol. The van der Waals surface area contributed by atoms with Crippen LogP contribution >= 0.6 is 0 Å². The molecule has 1 atom stereocenters. The number of hydrogen-bond donors (Lipinski definition) is 1. The van der Waals surface area contributed by atoms with Crippen molar-refractivity contribution in [3.8, 4) is 0 Å².